The van der Waals surface area contributed by atoms with Crippen LogP contribution in [-0.2, 0) is 4.46 Å². The van der Waals surface area contributed by atoms with Crippen molar-refractivity contribution >= 4 is 94.0 Å². The number of hydrogen-bond acceptors (Lipinski definition) is 1. The van der Waals surface area contributed by atoms with E-state index in [2.05, 4.69) is 0 Å². The third-order valence-corrected chi connectivity index (χ3v) is 0. The molecular weight excluding hydrogens is 133 g/mol. The maximum Gasteiger partial charge on any atom is 0.381 e. The fourth-order valence-electron chi connectivity index (χ4n) is 0. The average molecular weight is 133 g/mol. The van der Waals surface area contributed by atoms with E-state index in [-0.39, 0.29) is 83.8 Å². The van der Waals surface area contributed by atoms with Gasteiger partial charge in [0.25, 0.3) is 0 Å². The molecule has 0 aliphatic carbocycles. The second kappa shape index (κ2) is 29.1. The molecule has 0 saturated carbocycles. The third-order valence-electron chi connectivity index (χ3n) is 0. The molecular formula is CaMg2OSi. The molecule has 0 aromatic carbocycles. The Morgan fingerprint density at radius 3 is 1.00 bits per heavy atom. The molecule has 8 radical (unpaired) electrons. The Balaban J connectivity index is -0.00000000167. The smallest absolute Gasteiger partial charge is 0.381 e. The Bertz CT molecular complexity index is 9.61. The van der Waals surface area contributed by atoms with E-state index in [9.17, 15) is 0 Å². The first-order chi connectivity index (χ1) is 1.00. The van der Waals surface area contributed by atoms with Crippen molar-refractivity contribution in [3.63, 3.8) is 0 Å². The fourth-order valence-corrected chi connectivity index (χ4v) is 0. The SMILES string of the molecule is O=[Si].[Ca].[Mg].[Mg]. The van der Waals surface area contributed by atoms with Crippen molar-refractivity contribution in [1.29, 1.82) is 0 Å². The van der Waals surface area contributed by atoms with Gasteiger partial charge in [0.05, 0.1) is 0 Å². The van der Waals surface area contributed by atoms with Crippen molar-refractivity contribution in [3.05, 3.63) is 0 Å². The summed E-state index contributed by atoms with van der Waals surface area (Å²) in [6, 6.07) is 0. The zero-order valence-corrected chi connectivity index (χ0v) is 9.07. The third kappa shape index (κ3) is 20.0. The first-order valence-electron chi connectivity index (χ1n) is 0.204. The molecule has 5 heteroatoms. The Labute approximate surface area is 96.4 Å². The summed E-state index contributed by atoms with van der Waals surface area (Å²) in [5.41, 5.74) is 0. The van der Waals surface area contributed by atoms with Gasteiger partial charge in [-0.05, 0) is 0 Å². The Hall–Kier alpha value is 2.81. The van der Waals surface area contributed by atoms with Crippen molar-refractivity contribution in [2.24, 2.45) is 0 Å². The van der Waals surface area contributed by atoms with Gasteiger partial charge >= 0.3 is 10.1 Å². The molecule has 0 spiro atoms. The van der Waals surface area contributed by atoms with Crippen molar-refractivity contribution in [1.82, 2.24) is 0 Å². The van der Waals surface area contributed by atoms with Crippen LogP contribution < -0.4 is 0 Å². The largest absolute Gasteiger partial charge is 0.381 e. The minimum atomic E-state index is 0. The van der Waals surface area contributed by atoms with Crippen molar-refractivity contribution in [2.75, 3.05) is 0 Å². The first-order valence-corrected chi connectivity index (χ1v) is 0.612. The van der Waals surface area contributed by atoms with E-state index < -0.39 is 0 Å². The van der Waals surface area contributed by atoms with Crippen LogP contribution in [0.5, 0.6) is 0 Å². The Morgan fingerprint density at radius 2 is 1.00 bits per heavy atom. The topological polar surface area (TPSA) is 17.1 Å². The molecule has 0 heterocycles. The van der Waals surface area contributed by atoms with Gasteiger partial charge in [-0.15, -0.1) is 0 Å². The van der Waals surface area contributed by atoms with Crippen molar-refractivity contribution in [2.45, 2.75) is 0 Å². The molecule has 0 bridgehead atoms. The van der Waals surface area contributed by atoms with E-state index in [1.807, 2.05) is 0 Å². The summed E-state index contributed by atoms with van der Waals surface area (Å²) >= 11 is 0. The van der Waals surface area contributed by atoms with Crippen LogP contribution in [0.2, 0.25) is 0 Å². The first kappa shape index (κ1) is 25.0. The van der Waals surface area contributed by atoms with Crippen LogP contribution in [0, 0.1) is 0 Å². The summed E-state index contributed by atoms with van der Waals surface area (Å²) in [6.07, 6.45) is 0. The van der Waals surface area contributed by atoms with Crippen molar-refractivity contribution < 1.29 is 4.46 Å². The normalized spacial score (nSPS) is 0.800. The standard InChI is InChI=1S/Ca.2Mg.OSi/c;;;1-2. The van der Waals surface area contributed by atoms with Gasteiger partial charge < -0.3 is 4.46 Å². The predicted octanol–water partition coefficient (Wildman–Crippen LogP) is -1.64. The molecule has 0 aromatic heterocycles. The maximum atomic E-state index is 8.06. The van der Waals surface area contributed by atoms with Gasteiger partial charge in [0.15, 0.2) is 0 Å². The monoisotopic (exact) mass is 132 g/mol. The van der Waals surface area contributed by atoms with E-state index in [4.69, 9.17) is 4.46 Å². The molecule has 0 aliphatic heterocycles. The van der Waals surface area contributed by atoms with Crippen LogP contribution in [0.1, 0.15) is 0 Å². The van der Waals surface area contributed by atoms with E-state index >= 15 is 0 Å². The molecule has 0 unspecified atom stereocenters. The molecule has 0 aromatic rings. The van der Waals surface area contributed by atoms with Gasteiger partial charge in [-0.2, -0.15) is 0 Å². The van der Waals surface area contributed by atoms with E-state index in [0.717, 1.165) is 0 Å². The van der Waals surface area contributed by atoms with Crippen LogP contribution in [0.25, 0.3) is 0 Å². The molecule has 0 amide bonds. The van der Waals surface area contributed by atoms with E-state index in [0.29, 0.717) is 0 Å². The van der Waals surface area contributed by atoms with E-state index in [1.54, 1.807) is 10.1 Å². The molecule has 0 atom stereocenters. The van der Waals surface area contributed by atoms with Gasteiger partial charge in [0.1, 0.15) is 0 Å². The average Bonchev–Trinajstić information content (AvgIpc) is 1.00. The molecule has 0 rings (SSSR count). The van der Waals surface area contributed by atoms with Gasteiger partial charge in [0, 0.05) is 83.8 Å². The quantitative estimate of drug-likeness (QED) is 0.362. The van der Waals surface area contributed by atoms with Gasteiger partial charge in [-0.3, -0.25) is 0 Å². The summed E-state index contributed by atoms with van der Waals surface area (Å²) < 4.78 is 8.06. The van der Waals surface area contributed by atoms with Crippen LogP contribution in [0.15, 0.2) is 0 Å². The zero-order valence-electron chi connectivity index (χ0n) is 3.03. The molecule has 1 nitrogen and oxygen atoms in total. The summed E-state index contributed by atoms with van der Waals surface area (Å²) in [5.74, 6) is 0. The number of hydrogen-bond donors (Lipinski definition) is 0. The van der Waals surface area contributed by atoms with Gasteiger partial charge in [-0.25, -0.2) is 0 Å². The molecule has 5 heavy (non-hydrogen) atoms. The summed E-state index contributed by atoms with van der Waals surface area (Å²) in [5, 5.41) is 0. The zero-order chi connectivity index (χ0) is 2.00. The Kier molecular flexibility index (Phi) is 145. The molecule has 0 fully saturated rings. The number of rotatable bonds is 0. The van der Waals surface area contributed by atoms with Crippen molar-refractivity contribution in [3.8, 4) is 0 Å². The van der Waals surface area contributed by atoms with Crippen LogP contribution in [0.4, 0.5) is 0 Å². The summed E-state index contributed by atoms with van der Waals surface area (Å²) in [4.78, 5) is 0. The predicted molar refractivity (Wildman–Crippen MR) is 23.7 cm³/mol. The maximum absolute atomic E-state index is 8.06. The molecule has 0 aliphatic rings. The second-order valence-electron chi connectivity index (χ2n) is 0. The van der Waals surface area contributed by atoms with Crippen LogP contribution in [-0.4, -0.2) is 94.0 Å². The second-order valence-corrected chi connectivity index (χ2v) is 0. The van der Waals surface area contributed by atoms with Crippen LogP contribution >= 0.6 is 0 Å². The Morgan fingerprint density at radius 1 is 1.00 bits per heavy atom. The minimum Gasteiger partial charge on any atom is -0.381 e. The summed E-state index contributed by atoms with van der Waals surface area (Å²) in [7, 11) is 1.72. The molecule has 0 N–H and O–H groups in total. The van der Waals surface area contributed by atoms with Gasteiger partial charge in [0.2, 0.25) is 0 Å². The van der Waals surface area contributed by atoms with Crippen LogP contribution in [0.3, 0.4) is 0 Å². The van der Waals surface area contributed by atoms with E-state index in [1.165, 1.54) is 0 Å². The minimum absolute atomic E-state index is 0. The van der Waals surface area contributed by atoms with Gasteiger partial charge in [-0.1, -0.05) is 0 Å². The summed E-state index contributed by atoms with van der Waals surface area (Å²) in [6.45, 7) is 0. The fraction of sp³-hybridized carbons (Fsp3) is 0. The molecule has 16 valence electrons. The molecule has 0 saturated heterocycles.